The van der Waals surface area contributed by atoms with Crippen molar-refractivity contribution >= 4 is 42.3 Å². The van der Waals surface area contributed by atoms with E-state index in [-0.39, 0.29) is 31.4 Å². The van der Waals surface area contributed by atoms with Gasteiger partial charge in [0.1, 0.15) is 18.1 Å². The molecule has 2 aromatic carbocycles. The Hall–Kier alpha value is -3.90. The fourth-order valence-corrected chi connectivity index (χ4v) is 3.78. The van der Waals surface area contributed by atoms with Crippen LogP contribution in [0.25, 0.3) is 0 Å². The minimum absolute atomic E-state index is 0.0570. The lowest BCUT2D eigenvalue weighted by Crippen LogP contribution is -2.58. The number of benzene rings is 2. The van der Waals surface area contributed by atoms with E-state index in [9.17, 15) is 29.1 Å². The van der Waals surface area contributed by atoms with Gasteiger partial charge in [0.15, 0.2) is 0 Å². The van der Waals surface area contributed by atoms with Crippen LogP contribution in [0.5, 0.6) is 0 Å². The Morgan fingerprint density at radius 2 is 1.13 bits per heavy atom. The van der Waals surface area contributed by atoms with Gasteiger partial charge in [0.05, 0.1) is 6.04 Å². The van der Waals surface area contributed by atoms with E-state index >= 15 is 0 Å². The van der Waals surface area contributed by atoms with Gasteiger partial charge in [-0.25, -0.2) is 4.79 Å². The Bertz CT molecular complexity index is 1100. The van der Waals surface area contributed by atoms with Crippen LogP contribution in [0, 0.1) is 0 Å². The first kappa shape index (κ1) is 30.3. The number of aliphatic carboxylic acids is 2. The third-order valence-corrected chi connectivity index (χ3v) is 6.00. The van der Waals surface area contributed by atoms with E-state index in [1.54, 1.807) is 60.7 Å². The highest BCUT2D eigenvalue weighted by molar-refractivity contribution is 7.80. The fourth-order valence-electron chi connectivity index (χ4n) is 3.54. The summed E-state index contributed by atoms with van der Waals surface area (Å²) < 4.78 is 0. The number of nitrogens with two attached hydrogens (primary N) is 1. The molecule has 204 valence electrons. The molecule has 0 saturated carbocycles. The van der Waals surface area contributed by atoms with E-state index in [0.29, 0.717) is 5.56 Å². The Kier molecular flexibility index (Phi) is 12.3. The molecule has 0 spiro atoms. The van der Waals surface area contributed by atoms with Crippen molar-refractivity contribution in [2.45, 2.75) is 49.9 Å². The summed E-state index contributed by atoms with van der Waals surface area (Å²) in [6.07, 6.45) is -0.320. The third kappa shape index (κ3) is 10.2. The molecule has 0 aromatic heterocycles. The maximum atomic E-state index is 13.4. The quantitative estimate of drug-likeness (QED) is 0.154. The van der Waals surface area contributed by atoms with Gasteiger partial charge in [0.25, 0.3) is 0 Å². The van der Waals surface area contributed by atoms with E-state index in [1.807, 2.05) is 0 Å². The van der Waals surface area contributed by atoms with Crippen molar-refractivity contribution in [3.8, 4) is 0 Å². The first-order valence-electron chi connectivity index (χ1n) is 11.9. The van der Waals surface area contributed by atoms with Crippen molar-refractivity contribution in [1.82, 2.24) is 16.0 Å². The molecule has 4 atom stereocenters. The SMILES string of the molecule is NC(CCC(=O)O)C(=O)NC(Cc1ccccc1)C(=O)NC(Cc1ccccc1)C(=O)NC(CS)C(=O)O. The van der Waals surface area contributed by atoms with Crippen molar-refractivity contribution in [3.63, 3.8) is 0 Å². The average Bonchev–Trinajstić information content (AvgIpc) is 2.90. The molecular weight excluding hydrogens is 512 g/mol. The molecular formula is C26H32N4O7S. The zero-order valence-corrected chi connectivity index (χ0v) is 21.5. The Morgan fingerprint density at radius 1 is 0.711 bits per heavy atom. The van der Waals surface area contributed by atoms with Crippen LogP contribution in [0.1, 0.15) is 24.0 Å². The summed E-state index contributed by atoms with van der Waals surface area (Å²) in [6, 6.07) is 12.9. The molecule has 2 aromatic rings. The molecule has 2 rings (SSSR count). The highest BCUT2D eigenvalue weighted by Crippen LogP contribution is 2.08. The van der Waals surface area contributed by atoms with E-state index in [1.165, 1.54) is 0 Å². The van der Waals surface area contributed by atoms with E-state index in [2.05, 4.69) is 28.6 Å². The number of carboxylic acid groups (broad SMARTS) is 2. The summed E-state index contributed by atoms with van der Waals surface area (Å²) in [5.74, 6) is -4.68. The van der Waals surface area contributed by atoms with Crippen LogP contribution in [0.3, 0.4) is 0 Å². The maximum absolute atomic E-state index is 13.4. The molecule has 0 aliphatic carbocycles. The molecule has 12 heteroatoms. The van der Waals surface area contributed by atoms with Crippen molar-refractivity contribution in [2.24, 2.45) is 5.73 Å². The van der Waals surface area contributed by atoms with E-state index in [4.69, 9.17) is 10.8 Å². The number of rotatable bonds is 15. The van der Waals surface area contributed by atoms with Gasteiger partial charge in [0.2, 0.25) is 17.7 Å². The second-order valence-electron chi connectivity index (χ2n) is 8.62. The zero-order valence-electron chi connectivity index (χ0n) is 20.6. The molecule has 0 aliphatic rings. The topological polar surface area (TPSA) is 188 Å². The summed E-state index contributed by atoms with van der Waals surface area (Å²) in [7, 11) is 0. The second kappa shape index (κ2) is 15.4. The lowest BCUT2D eigenvalue weighted by Gasteiger charge is -2.25. The molecule has 3 amide bonds. The van der Waals surface area contributed by atoms with Gasteiger partial charge >= 0.3 is 11.9 Å². The number of hydrogen-bond donors (Lipinski definition) is 7. The predicted octanol–water partition coefficient (Wildman–Crippen LogP) is 0.133. The van der Waals surface area contributed by atoms with Gasteiger partial charge < -0.3 is 31.9 Å². The zero-order chi connectivity index (χ0) is 28.1. The van der Waals surface area contributed by atoms with Gasteiger partial charge in [0, 0.05) is 25.0 Å². The summed E-state index contributed by atoms with van der Waals surface area (Å²) in [4.78, 5) is 61.4. The van der Waals surface area contributed by atoms with E-state index < -0.39 is 53.8 Å². The van der Waals surface area contributed by atoms with Crippen molar-refractivity contribution in [2.75, 3.05) is 5.75 Å². The van der Waals surface area contributed by atoms with Crippen molar-refractivity contribution < 1.29 is 34.2 Å². The van der Waals surface area contributed by atoms with Gasteiger partial charge in [-0.2, -0.15) is 12.6 Å². The van der Waals surface area contributed by atoms with Crippen LogP contribution < -0.4 is 21.7 Å². The smallest absolute Gasteiger partial charge is 0.327 e. The number of carbonyl (C=O) groups is 5. The highest BCUT2D eigenvalue weighted by atomic mass is 32.1. The fraction of sp³-hybridized carbons (Fsp3) is 0.346. The van der Waals surface area contributed by atoms with Crippen molar-refractivity contribution in [1.29, 1.82) is 0 Å². The lowest BCUT2D eigenvalue weighted by atomic mass is 10.0. The number of hydrogen-bond acceptors (Lipinski definition) is 7. The minimum atomic E-state index is -1.28. The summed E-state index contributed by atoms with van der Waals surface area (Å²) in [5, 5.41) is 25.7. The number of amides is 3. The van der Waals surface area contributed by atoms with Gasteiger partial charge in [-0.15, -0.1) is 0 Å². The molecule has 0 heterocycles. The first-order chi connectivity index (χ1) is 18.1. The van der Waals surface area contributed by atoms with Gasteiger partial charge in [-0.3, -0.25) is 19.2 Å². The Labute approximate surface area is 225 Å². The monoisotopic (exact) mass is 544 g/mol. The number of thiol groups is 1. The molecule has 38 heavy (non-hydrogen) atoms. The van der Waals surface area contributed by atoms with Crippen LogP contribution in [-0.2, 0) is 36.8 Å². The van der Waals surface area contributed by atoms with Crippen LogP contribution in [0.4, 0.5) is 0 Å². The normalized spacial score (nSPS) is 13.8. The number of nitrogens with one attached hydrogen (secondary N) is 3. The third-order valence-electron chi connectivity index (χ3n) is 5.63. The summed E-state index contributed by atoms with van der Waals surface area (Å²) in [6.45, 7) is 0. The van der Waals surface area contributed by atoms with Crippen LogP contribution in [-0.4, -0.2) is 69.8 Å². The average molecular weight is 545 g/mol. The summed E-state index contributed by atoms with van der Waals surface area (Å²) >= 11 is 3.96. The summed E-state index contributed by atoms with van der Waals surface area (Å²) in [5.41, 5.74) is 7.26. The van der Waals surface area contributed by atoms with Crippen LogP contribution in [0.15, 0.2) is 60.7 Å². The molecule has 0 aliphatic heterocycles. The highest BCUT2D eigenvalue weighted by Gasteiger charge is 2.30. The van der Waals surface area contributed by atoms with Crippen LogP contribution >= 0.6 is 12.6 Å². The molecule has 0 bridgehead atoms. The second-order valence-corrected chi connectivity index (χ2v) is 8.99. The molecule has 4 unspecified atom stereocenters. The van der Waals surface area contributed by atoms with Crippen molar-refractivity contribution in [3.05, 3.63) is 71.8 Å². The standard InChI is InChI=1S/C26H32N4O7S/c27-18(11-12-22(31)32)23(33)28-19(13-16-7-3-1-4-8-16)24(34)29-20(14-17-9-5-2-6-10-17)25(35)30-21(15-38)26(36)37/h1-10,18-21,38H,11-15,27H2,(H,28,33)(H,29,34)(H,30,35)(H,31,32)(H,36,37). The van der Waals surface area contributed by atoms with Gasteiger partial charge in [-0.1, -0.05) is 60.7 Å². The molecule has 0 saturated heterocycles. The molecule has 7 N–H and O–H groups in total. The Morgan fingerprint density at radius 3 is 1.53 bits per heavy atom. The number of carbonyl (C=O) groups excluding carboxylic acids is 3. The minimum Gasteiger partial charge on any atom is -0.481 e. The van der Waals surface area contributed by atoms with Crippen LogP contribution in [0.2, 0.25) is 0 Å². The maximum Gasteiger partial charge on any atom is 0.327 e. The molecule has 0 fully saturated rings. The molecule has 11 nitrogen and oxygen atoms in total. The van der Waals surface area contributed by atoms with E-state index in [0.717, 1.165) is 5.56 Å². The number of carboxylic acids is 2. The Balaban J connectivity index is 2.26. The lowest BCUT2D eigenvalue weighted by molar-refractivity contribution is -0.141. The first-order valence-corrected chi connectivity index (χ1v) is 12.5. The largest absolute Gasteiger partial charge is 0.481 e. The van der Waals surface area contributed by atoms with Gasteiger partial charge in [-0.05, 0) is 17.5 Å². The predicted molar refractivity (Wildman–Crippen MR) is 142 cm³/mol. The molecule has 0 radical (unpaired) electrons.